The molecule has 0 aliphatic rings. The smallest absolute Gasteiger partial charge is 0.0670 e. The van der Waals surface area contributed by atoms with Gasteiger partial charge in [-0.25, -0.2) is 0 Å². The van der Waals surface area contributed by atoms with Crippen LogP contribution in [0.2, 0.25) is 0 Å². The largest absolute Gasteiger partial charge is 0.309 e. The summed E-state index contributed by atoms with van der Waals surface area (Å²) in [5.41, 5.74) is 1.95. The van der Waals surface area contributed by atoms with Crippen molar-refractivity contribution in [1.29, 1.82) is 5.26 Å². The third-order valence-electron chi connectivity index (χ3n) is 1.78. The summed E-state index contributed by atoms with van der Waals surface area (Å²) in [5, 5.41) is 11.6. The normalized spacial score (nSPS) is 8.57. The summed E-state index contributed by atoms with van der Waals surface area (Å²) in [6.07, 6.45) is 0.421. The van der Waals surface area contributed by atoms with Crippen molar-refractivity contribution in [2.24, 2.45) is 0 Å². The van der Waals surface area contributed by atoms with Gasteiger partial charge in [0.25, 0.3) is 0 Å². The van der Waals surface area contributed by atoms with E-state index in [9.17, 15) is 0 Å². The van der Waals surface area contributed by atoms with E-state index in [-0.39, 0.29) is 0 Å². The summed E-state index contributed by atoms with van der Waals surface area (Å²) in [6.45, 7) is 0.668. The van der Waals surface area contributed by atoms with Crippen molar-refractivity contribution in [3.8, 4) is 17.9 Å². The van der Waals surface area contributed by atoms with Crippen molar-refractivity contribution in [2.75, 3.05) is 13.6 Å². The molecule has 0 amide bonds. The number of hydrogen-bond donors (Lipinski definition) is 1. The van der Waals surface area contributed by atoms with Crippen LogP contribution >= 0.6 is 0 Å². The van der Waals surface area contributed by atoms with Crippen LogP contribution in [0.25, 0.3) is 0 Å². The second-order valence-electron chi connectivity index (χ2n) is 2.82. The lowest BCUT2D eigenvalue weighted by Crippen LogP contribution is -2.04. The Morgan fingerprint density at radius 3 is 2.86 bits per heavy atom. The second-order valence-corrected chi connectivity index (χ2v) is 2.82. The summed E-state index contributed by atoms with van der Waals surface area (Å²) >= 11 is 0. The Kier molecular flexibility index (Phi) is 4.27. The third kappa shape index (κ3) is 2.94. The molecule has 14 heavy (non-hydrogen) atoms. The van der Waals surface area contributed by atoms with Gasteiger partial charge in [0.15, 0.2) is 0 Å². The van der Waals surface area contributed by atoms with Crippen LogP contribution in [-0.4, -0.2) is 13.6 Å². The highest BCUT2D eigenvalue weighted by Crippen LogP contribution is 2.07. The number of nitrogens with zero attached hydrogens (tertiary/aromatic N) is 1. The predicted octanol–water partition coefficient (Wildman–Crippen LogP) is 1.32. The lowest BCUT2D eigenvalue weighted by atomic mass is 10.1. The highest BCUT2D eigenvalue weighted by molar-refractivity contribution is 5.42. The molecule has 0 saturated heterocycles. The van der Waals surface area contributed by atoms with Crippen LogP contribution in [0.1, 0.15) is 11.1 Å². The van der Waals surface area contributed by atoms with Gasteiger partial charge in [0.1, 0.15) is 0 Å². The average Bonchev–Trinajstić information content (AvgIpc) is 2.21. The molecule has 0 bridgehead atoms. The maximum Gasteiger partial charge on any atom is 0.0670 e. The Morgan fingerprint density at radius 2 is 2.14 bits per heavy atom. The monoisotopic (exact) mass is 184 g/mol. The van der Waals surface area contributed by atoms with Crippen LogP contribution in [0, 0.1) is 23.2 Å². The second kappa shape index (κ2) is 5.80. The first-order valence-electron chi connectivity index (χ1n) is 4.47. The number of benzene rings is 1. The zero-order valence-electron chi connectivity index (χ0n) is 8.17. The number of nitrogens with one attached hydrogen (secondary N) is 1. The van der Waals surface area contributed by atoms with E-state index < -0.39 is 0 Å². The van der Waals surface area contributed by atoms with E-state index in [1.54, 1.807) is 0 Å². The number of hydrogen-bond acceptors (Lipinski definition) is 2. The zero-order valence-corrected chi connectivity index (χ0v) is 8.17. The molecule has 70 valence electrons. The average molecular weight is 184 g/mol. The van der Waals surface area contributed by atoms with Crippen molar-refractivity contribution in [3.63, 3.8) is 0 Å². The van der Waals surface area contributed by atoms with E-state index in [1.165, 1.54) is 0 Å². The minimum atomic E-state index is 0.421. The van der Waals surface area contributed by atoms with Gasteiger partial charge in [-0.2, -0.15) is 5.26 Å². The topological polar surface area (TPSA) is 35.8 Å². The highest BCUT2D eigenvalue weighted by Gasteiger charge is 1.96. The van der Waals surface area contributed by atoms with E-state index in [2.05, 4.69) is 23.2 Å². The van der Waals surface area contributed by atoms with Gasteiger partial charge in [-0.3, -0.25) is 0 Å². The summed E-state index contributed by atoms with van der Waals surface area (Å²) in [5.74, 6) is 6.02. The molecule has 0 aliphatic carbocycles. The van der Waals surface area contributed by atoms with Gasteiger partial charge < -0.3 is 5.32 Å². The maximum absolute atomic E-state index is 8.61. The fourth-order valence-electron chi connectivity index (χ4n) is 1.11. The first-order valence-corrected chi connectivity index (χ1v) is 4.47. The molecule has 0 heterocycles. The summed E-state index contributed by atoms with van der Waals surface area (Å²) in [4.78, 5) is 0. The van der Waals surface area contributed by atoms with Crippen molar-refractivity contribution >= 4 is 0 Å². The Labute approximate surface area is 84.6 Å². The molecular weight excluding hydrogens is 172 g/mol. The maximum atomic E-state index is 8.61. The first-order chi connectivity index (χ1) is 6.88. The van der Waals surface area contributed by atoms with Crippen LogP contribution in [-0.2, 0) is 6.42 Å². The van der Waals surface area contributed by atoms with Crippen LogP contribution in [0.4, 0.5) is 0 Å². The SMILES string of the molecule is CNCC#Cc1ccccc1CC#N. The van der Waals surface area contributed by atoms with E-state index in [4.69, 9.17) is 5.26 Å². The van der Waals surface area contributed by atoms with Gasteiger partial charge in [0.2, 0.25) is 0 Å². The standard InChI is InChI=1S/C12H12N2/c1-14-10-4-7-11-5-2-3-6-12(11)8-9-13/h2-3,5-6,14H,8,10H2,1H3. The molecule has 0 saturated carbocycles. The fourth-order valence-corrected chi connectivity index (χ4v) is 1.11. The van der Waals surface area contributed by atoms with Gasteiger partial charge in [-0.15, -0.1) is 0 Å². The van der Waals surface area contributed by atoms with Crippen molar-refractivity contribution in [2.45, 2.75) is 6.42 Å². The minimum absolute atomic E-state index is 0.421. The van der Waals surface area contributed by atoms with E-state index in [0.29, 0.717) is 13.0 Å². The van der Waals surface area contributed by atoms with E-state index in [0.717, 1.165) is 11.1 Å². The molecule has 0 aromatic heterocycles. The van der Waals surface area contributed by atoms with Crippen LogP contribution in [0.5, 0.6) is 0 Å². The van der Waals surface area contributed by atoms with Gasteiger partial charge in [-0.1, -0.05) is 30.0 Å². The van der Waals surface area contributed by atoms with Crippen molar-refractivity contribution in [1.82, 2.24) is 5.32 Å². The van der Waals surface area contributed by atoms with Crippen LogP contribution in [0.15, 0.2) is 24.3 Å². The molecule has 0 radical (unpaired) electrons. The molecule has 1 rings (SSSR count). The Balaban J connectivity index is 2.87. The van der Waals surface area contributed by atoms with Gasteiger partial charge in [0, 0.05) is 5.56 Å². The number of rotatable bonds is 2. The first kappa shape index (κ1) is 10.3. The lowest BCUT2D eigenvalue weighted by molar-refractivity contribution is 0.938. The Morgan fingerprint density at radius 1 is 1.36 bits per heavy atom. The van der Waals surface area contributed by atoms with Crippen LogP contribution in [0.3, 0.4) is 0 Å². The molecular formula is C12H12N2. The fraction of sp³-hybridized carbons (Fsp3) is 0.250. The molecule has 0 spiro atoms. The minimum Gasteiger partial charge on any atom is -0.309 e. The number of nitriles is 1. The van der Waals surface area contributed by atoms with E-state index in [1.807, 2.05) is 31.3 Å². The molecule has 2 heteroatoms. The lowest BCUT2D eigenvalue weighted by Gasteiger charge is -1.97. The van der Waals surface area contributed by atoms with Crippen molar-refractivity contribution in [3.05, 3.63) is 35.4 Å². The third-order valence-corrected chi connectivity index (χ3v) is 1.78. The molecule has 1 N–H and O–H groups in total. The molecule has 0 fully saturated rings. The molecule has 0 unspecified atom stereocenters. The van der Waals surface area contributed by atoms with Crippen molar-refractivity contribution < 1.29 is 0 Å². The summed E-state index contributed by atoms with van der Waals surface area (Å²) < 4.78 is 0. The molecule has 1 aromatic carbocycles. The zero-order chi connectivity index (χ0) is 10.2. The summed E-state index contributed by atoms with van der Waals surface area (Å²) in [7, 11) is 1.86. The summed E-state index contributed by atoms with van der Waals surface area (Å²) in [6, 6.07) is 9.87. The Hall–Kier alpha value is -1.77. The molecule has 0 atom stereocenters. The van der Waals surface area contributed by atoms with E-state index >= 15 is 0 Å². The van der Waals surface area contributed by atoms with Gasteiger partial charge in [-0.05, 0) is 18.7 Å². The highest BCUT2D eigenvalue weighted by atomic mass is 14.8. The molecule has 1 aromatic rings. The quantitative estimate of drug-likeness (QED) is 0.704. The van der Waals surface area contributed by atoms with Crippen LogP contribution < -0.4 is 5.32 Å². The molecule has 0 aliphatic heterocycles. The predicted molar refractivity (Wildman–Crippen MR) is 56.6 cm³/mol. The Bertz CT molecular complexity index is 391. The van der Waals surface area contributed by atoms with Gasteiger partial charge in [0.05, 0.1) is 19.0 Å². The molecule has 2 nitrogen and oxygen atoms in total. The van der Waals surface area contributed by atoms with Gasteiger partial charge >= 0.3 is 0 Å².